The average molecular weight is 307 g/mol. The van der Waals surface area contributed by atoms with E-state index < -0.39 is 11.7 Å². The minimum Gasteiger partial charge on any atom is -0.443 e. The zero-order valence-electron chi connectivity index (χ0n) is 9.33. The first-order chi connectivity index (χ1) is 7.31. The molecular weight excluding hydrogens is 293 g/mol. The van der Waals surface area contributed by atoms with Crippen LogP contribution in [0.15, 0.2) is 24.3 Å². The molecule has 0 bridgehead atoms. The molecule has 0 atom stereocenters. The van der Waals surface area contributed by atoms with Crippen molar-refractivity contribution >= 4 is 39.5 Å². The van der Waals surface area contributed by atoms with Crippen LogP contribution in [0.2, 0.25) is 5.02 Å². The van der Waals surface area contributed by atoms with Gasteiger partial charge in [0.1, 0.15) is 5.60 Å². The number of hydrogen-bond donors (Lipinski definition) is 0. The third-order valence-corrected chi connectivity index (χ3v) is 2.61. The highest BCUT2D eigenvalue weighted by atomic mass is 79.9. The van der Waals surface area contributed by atoms with Crippen LogP contribution in [0.4, 0.5) is 10.5 Å². The molecule has 0 spiro atoms. The SMILES string of the molecule is CC(C)(C)OC(=O)N(Br)c1ccccc1Cl. The number of anilines is 1. The molecule has 16 heavy (non-hydrogen) atoms. The van der Waals surface area contributed by atoms with Crippen LogP contribution < -0.4 is 3.93 Å². The molecule has 5 heteroatoms. The first-order valence-electron chi connectivity index (χ1n) is 4.74. The quantitative estimate of drug-likeness (QED) is 0.720. The van der Waals surface area contributed by atoms with Crippen LogP contribution in [0.25, 0.3) is 0 Å². The molecule has 1 aromatic rings. The molecule has 1 amide bonds. The Kier molecular flexibility index (Phi) is 4.21. The van der Waals surface area contributed by atoms with Crippen molar-refractivity contribution in [2.75, 3.05) is 3.93 Å². The van der Waals surface area contributed by atoms with Gasteiger partial charge in [0.15, 0.2) is 0 Å². The standard InChI is InChI=1S/C11H13BrClNO2/c1-11(2,3)16-10(15)14(12)9-7-5-4-6-8(9)13/h4-7H,1-3H3. The molecule has 0 saturated heterocycles. The van der Waals surface area contributed by atoms with E-state index in [1.165, 1.54) is 3.93 Å². The second kappa shape index (κ2) is 5.06. The monoisotopic (exact) mass is 305 g/mol. The summed E-state index contributed by atoms with van der Waals surface area (Å²) in [4.78, 5) is 11.7. The molecule has 0 aliphatic rings. The molecule has 0 aliphatic heterocycles. The van der Waals surface area contributed by atoms with Crippen LogP contribution in [0, 0.1) is 0 Å². The van der Waals surface area contributed by atoms with Crippen molar-refractivity contribution in [2.24, 2.45) is 0 Å². The predicted molar refractivity (Wildman–Crippen MR) is 69.1 cm³/mol. The lowest BCUT2D eigenvalue weighted by atomic mass is 10.2. The van der Waals surface area contributed by atoms with Crippen molar-refractivity contribution in [3.05, 3.63) is 29.3 Å². The molecule has 1 rings (SSSR count). The molecule has 3 nitrogen and oxygen atoms in total. The number of para-hydroxylation sites is 1. The summed E-state index contributed by atoms with van der Waals surface area (Å²) >= 11 is 9.08. The van der Waals surface area contributed by atoms with E-state index in [4.69, 9.17) is 16.3 Å². The molecule has 0 heterocycles. The van der Waals surface area contributed by atoms with Crippen LogP contribution in [-0.2, 0) is 4.74 Å². The lowest BCUT2D eigenvalue weighted by molar-refractivity contribution is 0.0614. The van der Waals surface area contributed by atoms with Gasteiger partial charge in [0.2, 0.25) is 0 Å². The van der Waals surface area contributed by atoms with E-state index in [2.05, 4.69) is 16.1 Å². The molecule has 0 fully saturated rings. The minimum absolute atomic E-state index is 0.477. The van der Waals surface area contributed by atoms with Crippen molar-refractivity contribution in [3.63, 3.8) is 0 Å². The van der Waals surface area contributed by atoms with Crippen molar-refractivity contribution < 1.29 is 9.53 Å². The van der Waals surface area contributed by atoms with Crippen molar-refractivity contribution in [1.82, 2.24) is 0 Å². The second-order valence-electron chi connectivity index (χ2n) is 4.21. The predicted octanol–water partition coefficient (Wildman–Crippen LogP) is 4.39. The lowest BCUT2D eigenvalue weighted by Crippen LogP contribution is -2.30. The molecular formula is C11H13BrClNO2. The third-order valence-electron chi connectivity index (χ3n) is 1.62. The number of nitrogens with zero attached hydrogens (tertiary/aromatic N) is 1. The Morgan fingerprint density at radius 3 is 2.44 bits per heavy atom. The molecule has 0 aromatic heterocycles. The molecule has 0 radical (unpaired) electrons. The van der Waals surface area contributed by atoms with Crippen LogP contribution in [-0.4, -0.2) is 11.7 Å². The van der Waals surface area contributed by atoms with Crippen molar-refractivity contribution in [3.8, 4) is 0 Å². The smallest absolute Gasteiger partial charge is 0.425 e. The Bertz CT molecular complexity index is 390. The van der Waals surface area contributed by atoms with Gasteiger partial charge in [-0.05, 0) is 32.9 Å². The van der Waals surface area contributed by atoms with Crippen LogP contribution in [0.3, 0.4) is 0 Å². The lowest BCUT2D eigenvalue weighted by Gasteiger charge is -2.23. The molecule has 0 unspecified atom stereocenters. The van der Waals surface area contributed by atoms with Gasteiger partial charge in [-0.1, -0.05) is 23.7 Å². The summed E-state index contributed by atoms with van der Waals surface area (Å²) in [5.74, 6) is 0. The molecule has 0 N–H and O–H groups in total. The number of carbonyl (C=O) groups is 1. The normalized spacial score (nSPS) is 11.1. The molecule has 0 saturated carbocycles. The number of carbonyl (C=O) groups excluding carboxylic acids is 1. The maximum atomic E-state index is 11.7. The van der Waals surface area contributed by atoms with Gasteiger partial charge in [-0.2, -0.15) is 0 Å². The number of rotatable bonds is 1. The Labute approximate surface area is 109 Å². The summed E-state index contributed by atoms with van der Waals surface area (Å²) < 4.78 is 6.40. The van der Waals surface area contributed by atoms with Crippen LogP contribution in [0.1, 0.15) is 20.8 Å². The maximum absolute atomic E-state index is 11.7. The highest BCUT2D eigenvalue weighted by Crippen LogP contribution is 2.28. The van der Waals surface area contributed by atoms with E-state index in [-0.39, 0.29) is 0 Å². The highest BCUT2D eigenvalue weighted by Gasteiger charge is 2.22. The van der Waals surface area contributed by atoms with Gasteiger partial charge in [-0.25, -0.2) is 8.72 Å². The van der Waals surface area contributed by atoms with Crippen LogP contribution >= 0.6 is 27.7 Å². The van der Waals surface area contributed by atoms with E-state index in [1.54, 1.807) is 45.0 Å². The Hall–Kier alpha value is -0.740. The first-order valence-corrected chi connectivity index (χ1v) is 5.83. The second-order valence-corrected chi connectivity index (χ2v) is 5.33. The van der Waals surface area contributed by atoms with Gasteiger partial charge in [0.05, 0.1) is 26.9 Å². The zero-order valence-corrected chi connectivity index (χ0v) is 11.7. The van der Waals surface area contributed by atoms with Gasteiger partial charge in [-0.15, -0.1) is 0 Å². The fraction of sp³-hybridized carbons (Fsp3) is 0.364. The highest BCUT2D eigenvalue weighted by molar-refractivity contribution is 9.10. The summed E-state index contributed by atoms with van der Waals surface area (Å²) in [7, 11) is 0. The minimum atomic E-state index is -0.537. The molecule has 88 valence electrons. The Morgan fingerprint density at radius 2 is 1.94 bits per heavy atom. The first kappa shape index (κ1) is 13.3. The third kappa shape index (κ3) is 3.68. The number of hydrogen-bond acceptors (Lipinski definition) is 2. The van der Waals surface area contributed by atoms with E-state index in [0.717, 1.165) is 0 Å². The van der Waals surface area contributed by atoms with Gasteiger partial charge < -0.3 is 4.74 Å². The zero-order chi connectivity index (χ0) is 12.3. The largest absolute Gasteiger partial charge is 0.443 e. The Morgan fingerprint density at radius 1 is 1.38 bits per heavy atom. The number of ether oxygens (including phenoxy) is 1. The van der Waals surface area contributed by atoms with Crippen molar-refractivity contribution in [1.29, 1.82) is 0 Å². The average Bonchev–Trinajstić information content (AvgIpc) is 2.15. The summed E-state index contributed by atoms with van der Waals surface area (Å²) in [5, 5.41) is 0.477. The Balaban J connectivity index is 2.83. The number of benzene rings is 1. The fourth-order valence-corrected chi connectivity index (χ4v) is 1.72. The number of halogens is 2. The van der Waals surface area contributed by atoms with Gasteiger partial charge in [0.25, 0.3) is 0 Å². The van der Waals surface area contributed by atoms with E-state index in [0.29, 0.717) is 10.7 Å². The summed E-state index contributed by atoms with van der Waals surface area (Å²) in [5.41, 5.74) is 0.0167. The molecule has 0 aliphatic carbocycles. The van der Waals surface area contributed by atoms with E-state index >= 15 is 0 Å². The number of amides is 1. The van der Waals surface area contributed by atoms with E-state index in [1.807, 2.05) is 0 Å². The summed E-state index contributed by atoms with van der Waals surface area (Å²) in [6, 6.07) is 7.01. The maximum Gasteiger partial charge on any atom is 0.425 e. The van der Waals surface area contributed by atoms with Crippen LogP contribution in [0.5, 0.6) is 0 Å². The topological polar surface area (TPSA) is 29.5 Å². The van der Waals surface area contributed by atoms with E-state index in [9.17, 15) is 4.79 Å². The fourth-order valence-electron chi connectivity index (χ4n) is 1.01. The summed E-state index contributed by atoms with van der Waals surface area (Å²) in [6.45, 7) is 5.41. The van der Waals surface area contributed by atoms with Gasteiger partial charge in [0, 0.05) is 0 Å². The summed E-state index contributed by atoms with van der Waals surface area (Å²) in [6.07, 6.45) is -0.499. The van der Waals surface area contributed by atoms with Crippen molar-refractivity contribution in [2.45, 2.75) is 26.4 Å². The van der Waals surface area contributed by atoms with Gasteiger partial charge >= 0.3 is 6.09 Å². The van der Waals surface area contributed by atoms with Gasteiger partial charge in [-0.3, -0.25) is 0 Å². The molecule has 1 aromatic carbocycles.